The maximum atomic E-state index is 12.6. The van der Waals surface area contributed by atoms with Gasteiger partial charge in [-0.15, -0.1) is 0 Å². The minimum atomic E-state index is -1.37. The number of carboxylic acid groups (broad SMARTS) is 1. The maximum Gasteiger partial charge on any atom is 0.326 e. The summed E-state index contributed by atoms with van der Waals surface area (Å²) >= 11 is 0. The molecule has 0 aliphatic heterocycles. The lowest BCUT2D eigenvalue weighted by Gasteiger charge is -2.21. The van der Waals surface area contributed by atoms with Crippen LogP contribution in [0.1, 0.15) is 38.5 Å². The number of carbonyl (C=O) groups is 5. The molecule has 36 heavy (non-hydrogen) atoms. The number of hydrogen-bond acceptors (Lipinski definition) is 8. The molecular weight excluding hydrogens is 478 g/mol. The van der Waals surface area contributed by atoms with Crippen molar-refractivity contribution in [3.05, 3.63) is 0 Å². The van der Waals surface area contributed by atoms with E-state index in [1.54, 1.807) is 0 Å². The fourth-order valence-electron chi connectivity index (χ4n) is 2.78. The average Bonchev–Trinajstić information content (AvgIpc) is 2.78. The molecule has 0 aliphatic carbocycles. The van der Waals surface area contributed by atoms with Gasteiger partial charge in [-0.25, -0.2) is 4.79 Å². The summed E-state index contributed by atoms with van der Waals surface area (Å²) in [4.78, 5) is 66.9. The van der Waals surface area contributed by atoms with Crippen LogP contribution in [0.5, 0.6) is 0 Å². The highest BCUT2D eigenvalue weighted by Crippen LogP contribution is 2.02. The van der Waals surface area contributed by atoms with Crippen molar-refractivity contribution in [2.45, 2.75) is 56.7 Å². The van der Waals surface area contributed by atoms with Gasteiger partial charge in [-0.3, -0.25) is 29.2 Å². The van der Waals surface area contributed by atoms with Gasteiger partial charge in [0.15, 0.2) is 11.9 Å². The molecular formula is C19H37N11O6. The van der Waals surface area contributed by atoms with Crippen LogP contribution in [-0.4, -0.2) is 84.4 Å². The summed E-state index contributed by atoms with van der Waals surface area (Å²) in [5.74, 6) is -4.45. The Morgan fingerprint density at radius 1 is 0.750 bits per heavy atom. The van der Waals surface area contributed by atoms with Crippen LogP contribution < -0.4 is 50.4 Å². The molecule has 204 valence electrons. The standard InChI is InChI=1S/C19H37N11O6/c20-10(3-1-7-26-18(22)23)15(33)30-11(4-2-8-27-19(24)25)16(34)28-9-14(32)29-12(17(35)36)5-6-13(21)31/h10-12H,1-9,20H2,(H2,21,31)(H,28,34)(H,29,32)(H,30,33)(H,35,36)(H4,22,23,26)(H4,24,25,27)/t10-,11-,12-/m0/s1. The van der Waals surface area contributed by atoms with E-state index in [1.807, 2.05) is 0 Å². The third-order valence-electron chi connectivity index (χ3n) is 4.62. The number of nitrogens with one attached hydrogen (secondary N) is 3. The van der Waals surface area contributed by atoms with Gasteiger partial charge < -0.3 is 55.5 Å². The van der Waals surface area contributed by atoms with Crippen LogP contribution in [-0.2, 0) is 24.0 Å². The highest BCUT2D eigenvalue weighted by atomic mass is 16.4. The molecule has 0 spiro atoms. The molecule has 0 aromatic rings. The number of rotatable bonds is 18. The third-order valence-corrected chi connectivity index (χ3v) is 4.62. The molecule has 0 bridgehead atoms. The molecule has 0 aromatic carbocycles. The van der Waals surface area contributed by atoms with E-state index in [4.69, 9.17) is 39.5 Å². The number of hydrogen-bond donors (Lipinski definition) is 10. The molecule has 0 rings (SSSR count). The lowest BCUT2D eigenvalue weighted by atomic mass is 10.1. The quantitative estimate of drug-likeness (QED) is 0.0467. The van der Waals surface area contributed by atoms with Crippen LogP contribution in [0.4, 0.5) is 0 Å². The van der Waals surface area contributed by atoms with E-state index in [2.05, 4.69) is 25.9 Å². The fourth-order valence-corrected chi connectivity index (χ4v) is 2.78. The first-order valence-corrected chi connectivity index (χ1v) is 11.1. The van der Waals surface area contributed by atoms with E-state index >= 15 is 0 Å². The summed E-state index contributed by atoms with van der Waals surface area (Å²) in [7, 11) is 0. The smallest absolute Gasteiger partial charge is 0.326 e. The molecule has 4 amide bonds. The van der Waals surface area contributed by atoms with Crippen molar-refractivity contribution in [1.82, 2.24) is 16.0 Å². The topological polar surface area (TPSA) is 323 Å². The monoisotopic (exact) mass is 515 g/mol. The number of carboxylic acids is 1. The molecule has 0 aromatic heterocycles. The van der Waals surface area contributed by atoms with Crippen LogP contribution in [0.2, 0.25) is 0 Å². The Kier molecular flexibility index (Phi) is 15.3. The van der Waals surface area contributed by atoms with Gasteiger partial charge in [0.2, 0.25) is 23.6 Å². The van der Waals surface area contributed by atoms with Gasteiger partial charge in [0.25, 0.3) is 0 Å². The van der Waals surface area contributed by atoms with Crippen LogP contribution >= 0.6 is 0 Å². The second kappa shape index (κ2) is 17.3. The zero-order chi connectivity index (χ0) is 27.7. The van der Waals surface area contributed by atoms with Crippen LogP contribution in [0, 0.1) is 0 Å². The number of carbonyl (C=O) groups excluding carboxylic acids is 4. The number of primary amides is 1. The van der Waals surface area contributed by atoms with Gasteiger partial charge in [0.1, 0.15) is 12.1 Å². The zero-order valence-corrected chi connectivity index (χ0v) is 19.9. The number of amides is 4. The zero-order valence-electron chi connectivity index (χ0n) is 19.9. The lowest BCUT2D eigenvalue weighted by molar-refractivity contribution is -0.142. The second-order valence-electron chi connectivity index (χ2n) is 7.75. The number of guanidine groups is 2. The highest BCUT2D eigenvalue weighted by molar-refractivity contribution is 5.92. The Hall–Kier alpha value is -4.15. The van der Waals surface area contributed by atoms with Crippen LogP contribution in [0.25, 0.3) is 0 Å². The normalized spacial score (nSPS) is 12.8. The van der Waals surface area contributed by atoms with E-state index in [9.17, 15) is 24.0 Å². The van der Waals surface area contributed by atoms with Gasteiger partial charge in [0, 0.05) is 19.5 Å². The molecule has 16 N–H and O–H groups in total. The van der Waals surface area contributed by atoms with Crippen molar-refractivity contribution in [3.8, 4) is 0 Å². The Labute approximate surface area is 207 Å². The number of nitrogens with two attached hydrogens (primary N) is 6. The van der Waals surface area contributed by atoms with Crippen molar-refractivity contribution in [3.63, 3.8) is 0 Å². The Balaban J connectivity index is 5.00. The minimum absolute atomic E-state index is 0.0860. The molecule has 0 heterocycles. The highest BCUT2D eigenvalue weighted by Gasteiger charge is 2.25. The predicted molar refractivity (Wildman–Crippen MR) is 131 cm³/mol. The summed E-state index contributed by atoms with van der Waals surface area (Å²) in [6, 6.07) is -3.39. The predicted octanol–water partition coefficient (Wildman–Crippen LogP) is -5.14. The van der Waals surface area contributed by atoms with Crippen LogP contribution in [0.15, 0.2) is 9.98 Å². The molecule has 0 unspecified atom stereocenters. The van der Waals surface area contributed by atoms with Gasteiger partial charge in [-0.05, 0) is 32.1 Å². The van der Waals surface area contributed by atoms with Crippen molar-refractivity contribution in [1.29, 1.82) is 0 Å². The van der Waals surface area contributed by atoms with Crippen molar-refractivity contribution < 1.29 is 29.1 Å². The van der Waals surface area contributed by atoms with Gasteiger partial charge >= 0.3 is 5.97 Å². The summed E-state index contributed by atoms with van der Waals surface area (Å²) in [6.45, 7) is -0.116. The number of aliphatic imine (C=N–C) groups is 2. The molecule has 0 radical (unpaired) electrons. The lowest BCUT2D eigenvalue weighted by Crippen LogP contribution is -2.53. The molecule has 17 heteroatoms. The Morgan fingerprint density at radius 3 is 1.81 bits per heavy atom. The fraction of sp³-hybridized carbons (Fsp3) is 0.632. The second-order valence-corrected chi connectivity index (χ2v) is 7.75. The van der Waals surface area contributed by atoms with Gasteiger partial charge in [-0.2, -0.15) is 0 Å². The molecule has 3 atom stereocenters. The summed E-state index contributed by atoms with van der Waals surface area (Å²) in [6.07, 6.45) is 0.641. The summed E-state index contributed by atoms with van der Waals surface area (Å²) in [5.41, 5.74) is 31.9. The molecule has 0 fully saturated rings. The number of aliphatic carboxylic acids is 1. The van der Waals surface area contributed by atoms with Crippen molar-refractivity contribution in [2.24, 2.45) is 44.4 Å². The molecule has 0 saturated carbocycles. The Morgan fingerprint density at radius 2 is 1.31 bits per heavy atom. The van der Waals surface area contributed by atoms with Crippen molar-refractivity contribution >= 4 is 41.5 Å². The average molecular weight is 516 g/mol. The SMILES string of the molecule is NC(=O)CC[C@H](NC(=O)CNC(=O)[C@H](CCCN=C(N)N)NC(=O)[C@@H](N)CCCN=C(N)N)C(=O)O. The van der Waals surface area contributed by atoms with Crippen LogP contribution in [0.3, 0.4) is 0 Å². The first-order valence-electron chi connectivity index (χ1n) is 11.1. The molecule has 0 saturated heterocycles. The first-order chi connectivity index (χ1) is 16.8. The van der Waals surface area contributed by atoms with Gasteiger partial charge in [0.05, 0.1) is 12.6 Å². The molecule has 0 aliphatic rings. The van der Waals surface area contributed by atoms with E-state index in [-0.39, 0.29) is 50.7 Å². The third kappa shape index (κ3) is 15.6. The van der Waals surface area contributed by atoms with E-state index in [0.29, 0.717) is 12.8 Å². The van der Waals surface area contributed by atoms with E-state index < -0.39 is 54.3 Å². The maximum absolute atomic E-state index is 12.6. The Bertz CT molecular complexity index is 825. The van der Waals surface area contributed by atoms with E-state index in [0.717, 1.165) is 0 Å². The number of nitrogens with zero attached hydrogens (tertiary/aromatic N) is 2. The largest absolute Gasteiger partial charge is 0.480 e. The summed E-state index contributed by atoms with van der Waals surface area (Å²) < 4.78 is 0. The first kappa shape index (κ1) is 31.8. The minimum Gasteiger partial charge on any atom is -0.480 e. The molecule has 17 nitrogen and oxygen atoms in total. The van der Waals surface area contributed by atoms with E-state index in [1.165, 1.54) is 0 Å². The van der Waals surface area contributed by atoms with Crippen molar-refractivity contribution in [2.75, 3.05) is 19.6 Å². The summed E-state index contributed by atoms with van der Waals surface area (Å²) in [5, 5.41) is 16.2. The van der Waals surface area contributed by atoms with Gasteiger partial charge in [-0.1, -0.05) is 0 Å².